The minimum absolute atomic E-state index is 0.105. The van der Waals surface area contributed by atoms with Crippen LogP contribution in [0, 0.1) is 0 Å². The monoisotopic (exact) mass is 439 g/mol. The van der Waals surface area contributed by atoms with Crippen molar-refractivity contribution in [2.45, 2.75) is 19.9 Å². The number of hydrogen-bond acceptors (Lipinski definition) is 3. The van der Waals surface area contributed by atoms with Gasteiger partial charge in [0.25, 0.3) is 5.91 Å². The SMILES string of the molecule is CCCn1c(-c2ccc(C(=O)Nc3ccc(Br)cc3)s2)nc2ccccc21. The Morgan fingerprint density at radius 2 is 1.89 bits per heavy atom. The fourth-order valence-electron chi connectivity index (χ4n) is 3.02. The molecule has 4 nitrogen and oxygen atoms in total. The van der Waals surface area contributed by atoms with Crippen LogP contribution in [-0.4, -0.2) is 15.5 Å². The van der Waals surface area contributed by atoms with Crippen molar-refractivity contribution in [1.82, 2.24) is 9.55 Å². The zero-order valence-electron chi connectivity index (χ0n) is 14.8. The van der Waals surface area contributed by atoms with Crippen LogP contribution in [0.5, 0.6) is 0 Å². The molecule has 4 aromatic rings. The standard InChI is InChI=1S/C21H18BrN3OS/c1-2-13-25-17-6-4-3-5-16(17)24-20(25)18-11-12-19(27-18)21(26)23-15-9-7-14(22)8-10-15/h3-12H,2,13H2,1H3,(H,23,26). The third kappa shape index (κ3) is 3.68. The Bertz CT molecular complexity index is 1100. The average molecular weight is 440 g/mol. The number of para-hydroxylation sites is 2. The number of aryl methyl sites for hydroxylation is 1. The Morgan fingerprint density at radius 3 is 2.67 bits per heavy atom. The zero-order valence-corrected chi connectivity index (χ0v) is 17.2. The number of benzene rings is 2. The molecule has 0 bridgehead atoms. The molecule has 0 radical (unpaired) electrons. The number of carbonyl (C=O) groups excluding carboxylic acids is 1. The highest BCUT2D eigenvalue weighted by Gasteiger charge is 2.16. The summed E-state index contributed by atoms with van der Waals surface area (Å²) in [5.41, 5.74) is 2.88. The molecular weight excluding hydrogens is 422 g/mol. The van der Waals surface area contributed by atoms with Gasteiger partial charge < -0.3 is 9.88 Å². The molecule has 4 rings (SSSR count). The van der Waals surface area contributed by atoms with Gasteiger partial charge in [-0.05, 0) is 55.0 Å². The van der Waals surface area contributed by atoms with Crippen molar-refractivity contribution in [2.24, 2.45) is 0 Å². The van der Waals surface area contributed by atoms with Crippen LogP contribution in [0.1, 0.15) is 23.0 Å². The molecule has 0 unspecified atom stereocenters. The van der Waals surface area contributed by atoms with Crippen molar-refractivity contribution in [1.29, 1.82) is 0 Å². The van der Waals surface area contributed by atoms with Crippen molar-refractivity contribution < 1.29 is 4.79 Å². The lowest BCUT2D eigenvalue weighted by Crippen LogP contribution is -2.09. The number of aromatic nitrogens is 2. The summed E-state index contributed by atoms with van der Waals surface area (Å²) in [7, 11) is 0. The summed E-state index contributed by atoms with van der Waals surface area (Å²) in [4.78, 5) is 19.1. The fraction of sp³-hybridized carbons (Fsp3) is 0.143. The molecular formula is C21H18BrN3OS. The first-order valence-corrected chi connectivity index (χ1v) is 10.4. The molecule has 0 aliphatic rings. The molecule has 136 valence electrons. The number of nitrogens with zero attached hydrogens (tertiary/aromatic N) is 2. The summed E-state index contributed by atoms with van der Waals surface area (Å²) >= 11 is 4.87. The highest BCUT2D eigenvalue weighted by Crippen LogP contribution is 2.31. The summed E-state index contributed by atoms with van der Waals surface area (Å²) in [5, 5.41) is 2.94. The molecule has 0 spiro atoms. The molecule has 0 saturated carbocycles. The summed E-state index contributed by atoms with van der Waals surface area (Å²) in [6.45, 7) is 3.05. The number of halogens is 1. The van der Waals surface area contributed by atoms with Crippen LogP contribution in [-0.2, 0) is 6.54 Å². The van der Waals surface area contributed by atoms with E-state index in [1.54, 1.807) is 0 Å². The predicted molar refractivity (Wildman–Crippen MR) is 115 cm³/mol. The Hall–Kier alpha value is -2.44. The van der Waals surface area contributed by atoms with E-state index in [4.69, 9.17) is 4.98 Å². The maximum absolute atomic E-state index is 12.6. The number of amides is 1. The van der Waals surface area contributed by atoms with Gasteiger partial charge in [0.15, 0.2) is 5.82 Å². The van der Waals surface area contributed by atoms with Crippen LogP contribution >= 0.6 is 27.3 Å². The first-order valence-electron chi connectivity index (χ1n) is 8.78. The molecule has 6 heteroatoms. The van der Waals surface area contributed by atoms with Crippen molar-refractivity contribution >= 4 is 49.9 Å². The Kier molecular flexibility index (Phi) is 5.09. The van der Waals surface area contributed by atoms with Crippen LogP contribution in [0.4, 0.5) is 5.69 Å². The quantitative estimate of drug-likeness (QED) is 0.402. The molecule has 1 amide bonds. The normalized spacial score (nSPS) is 11.0. The van der Waals surface area contributed by atoms with E-state index in [1.807, 2.05) is 54.6 Å². The van der Waals surface area contributed by atoms with Gasteiger partial charge in [-0.2, -0.15) is 0 Å². The molecule has 0 atom stereocenters. The second-order valence-corrected chi connectivity index (χ2v) is 8.20. The summed E-state index contributed by atoms with van der Waals surface area (Å²) in [5.74, 6) is 0.817. The van der Waals surface area contributed by atoms with E-state index in [9.17, 15) is 4.79 Å². The van der Waals surface area contributed by atoms with E-state index in [0.29, 0.717) is 4.88 Å². The molecule has 0 saturated heterocycles. The molecule has 27 heavy (non-hydrogen) atoms. The number of carbonyl (C=O) groups is 1. The van der Waals surface area contributed by atoms with Crippen molar-refractivity contribution in [3.63, 3.8) is 0 Å². The second kappa shape index (κ2) is 7.66. The van der Waals surface area contributed by atoms with Crippen molar-refractivity contribution in [2.75, 3.05) is 5.32 Å². The Morgan fingerprint density at radius 1 is 1.11 bits per heavy atom. The smallest absolute Gasteiger partial charge is 0.265 e. The van der Waals surface area contributed by atoms with E-state index in [0.717, 1.165) is 44.9 Å². The van der Waals surface area contributed by atoms with Gasteiger partial charge in [-0.1, -0.05) is 35.0 Å². The second-order valence-electron chi connectivity index (χ2n) is 6.20. The maximum atomic E-state index is 12.6. The van der Waals surface area contributed by atoms with Crippen molar-refractivity contribution in [3.05, 3.63) is 70.0 Å². The number of thiophene rings is 1. The van der Waals surface area contributed by atoms with E-state index in [2.05, 4.69) is 38.8 Å². The van der Waals surface area contributed by atoms with Gasteiger partial charge in [0.05, 0.1) is 20.8 Å². The summed E-state index contributed by atoms with van der Waals surface area (Å²) < 4.78 is 3.21. The lowest BCUT2D eigenvalue weighted by atomic mass is 10.3. The zero-order chi connectivity index (χ0) is 18.8. The van der Waals surface area contributed by atoms with Crippen molar-refractivity contribution in [3.8, 4) is 10.7 Å². The van der Waals surface area contributed by atoms with Crippen LogP contribution < -0.4 is 5.32 Å². The van der Waals surface area contributed by atoms with E-state index < -0.39 is 0 Å². The number of imidazole rings is 1. The average Bonchev–Trinajstić information content (AvgIpc) is 3.29. The maximum Gasteiger partial charge on any atom is 0.265 e. The van der Waals surface area contributed by atoms with Gasteiger partial charge in [-0.25, -0.2) is 4.98 Å². The topological polar surface area (TPSA) is 46.9 Å². The number of fused-ring (bicyclic) bond motifs is 1. The number of nitrogens with one attached hydrogen (secondary N) is 1. The van der Waals surface area contributed by atoms with Gasteiger partial charge >= 0.3 is 0 Å². The Labute approximate surface area is 170 Å². The summed E-state index contributed by atoms with van der Waals surface area (Å²) in [6, 6.07) is 19.6. The van der Waals surface area contributed by atoms with E-state index in [-0.39, 0.29) is 5.91 Å². The minimum Gasteiger partial charge on any atom is -0.323 e. The molecule has 1 N–H and O–H groups in total. The third-order valence-corrected chi connectivity index (χ3v) is 5.86. The number of rotatable bonds is 5. The first-order chi connectivity index (χ1) is 13.2. The lowest BCUT2D eigenvalue weighted by molar-refractivity contribution is 0.103. The van der Waals surface area contributed by atoms with Gasteiger partial charge in [0.2, 0.25) is 0 Å². The van der Waals surface area contributed by atoms with Crippen LogP contribution in [0.15, 0.2) is 65.1 Å². The number of hydrogen-bond donors (Lipinski definition) is 1. The third-order valence-electron chi connectivity index (χ3n) is 4.25. The van der Waals surface area contributed by atoms with E-state index >= 15 is 0 Å². The molecule has 2 heterocycles. The van der Waals surface area contributed by atoms with Gasteiger partial charge in [0.1, 0.15) is 0 Å². The molecule has 0 aliphatic carbocycles. The van der Waals surface area contributed by atoms with Crippen LogP contribution in [0.25, 0.3) is 21.7 Å². The molecule has 0 fully saturated rings. The van der Waals surface area contributed by atoms with Gasteiger partial charge in [-0.15, -0.1) is 11.3 Å². The van der Waals surface area contributed by atoms with Crippen LogP contribution in [0.3, 0.4) is 0 Å². The molecule has 0 aliphatic heterocycles. The fourth-order valence-corrected chi connectivity index (χ4v) is 4.18. The summed E-state index contributed by atoms with van der Waals surface area (Å²) in [6.07, 6.45) is 1.02. The minimum atomic E-state index is -0.105. The van der Waals surface area contributed by atoms with Crippen LogP contribution in [0.2, 0.25) is 0 Å². The molecule has 2 aromatic carbocycles. The Balaban J connectivity index is 1.64. The highest BCUT2D eigenvalue weighted by atomic mass is 79.9. The largest absolute Gasteiger partial charge is 0.323 e. The van der Waals surface area contributed by atoms with Gasteiger partial charge in [0, 0.05) is 16.7 Å². The molecule has 2 aromatic heterocycles. The lowest BCUT2D eigenvalue weighted by Gasteiger charge is -2.06. The first kappa shape index (κ1) is 17.9. The van der Waals surface area contributed by atoms with Gasteiger partial charge in [-0.3, -0.25) is 4.79 Å². The highest BCUT2D eigenvalue weighted by molar-refractivity contribution is 9.10. The predicted octanol–water partition coefficient (Wildman–Crippen LogP) is 6.19. The number of anilines is 1. The van der Waals surface area contributed by atoms with E-state index in [1.165, 1.54) is 11.3 Å².